The number of nitrogens with zero attached hydrogens (tertiary/aromatic N) is 2. The first-order valence-electron chi connectivity index (χ1n) is 12.5. The Morgan fingerprint density at radius 2 is 1.62 bits per heavy atom. The summed E-state index contributed by atoms with van der Waals surface area (Å²) in [5, 5.41) is 0. The van der Waals surface area contributed by atoms with Crippen molar-refractivity contribution >= 4 is 15.7 Å². The molecule has 3 rings (SSSR count). The van der Waals surface area contributed by atoms with Gasteiger partial charge in [-0.25, -0.2) is 12.8 Å². The second-order valence-corrected chi connectivity index (χ2v) is 12.7. The van der Waals surface area contributed by atoms with E-state index in [4.69, 9.17) is 0 Å². The number of piperidine rings is 1. The molecular weight excluding hydrogens is 565 g/mol. The number of sulfone groups is 1. The van der Waals surface area contributed by atoms with Gasteiger partial charge in [0.1, 0.15) is 15.7 Å². The molecular formula is C27H31F7N2O3S. The first kappa shape index (κ1) is 31.9. The van der Waals surface area contributed by atoms with E-state index in [2.05, 4.69) is 0 Å². The van der Waals surface area contributed by atoms with Gasteiger partial charge in [-0.15, -0.1) is 0 Å². The van der Waals surface area contributed by atoms with Crippen LogP contribution < -0.4 is 0 Å². The molecule has 0 aromatic heterocycles. The number of hydrogen-bond acceptors (Lipinski definition) is 4. The minimum atomic E-state index is -5.03. The van der Waals surface area contributed by atoms with Gasteiger partial charge >= 0.3 is 12.4 Å². The Morgan fingerprint density at radius 1 is 1.05 bits per heavy atom. The molecule has 0 aliphatic carbocycles. The van der Waals surface area contributed by atoms with Crippen LogP contribution in [0.25, 0.3) is 0 Å². The molecule has 1 aliphatic rings. The summed E-state index contributed by atoms with van der Waals surface area (Å²) >= 11 is 0. The van der Waals surface area contributed by atoms with E-state index in [9.17, 15) is 43.9 Å². The van der Waals surface area contributed by atoms with Gasteiger partial charge in [0, 0.05) is 38.2 Å². The molecule has 1 unspecified atom stereocenters. The lowest BCUT2D eigenvalue weighted by Crippen LogP contribution is -2.47. The quantitative estimate of drug-likeness (QED) is 0.377. The number of amides is 1. The third-order valence-corrected chi connectivity index (χ3v) is 8.37. The number of carbonyl (C=O) groups excluding carboxylic acids is 1. The fraction of sp³-hybridized carbons (Fsp3) is 0.519. The van der Waals surface area contributed by atoms with Crippen molar-refractivity contribution < 1.29 is 43.9 Å². The zero-order valence-corrected chi connectivity index (χ0v) is 23.2. The average Bonchev–Trinajstić information content (AvgIpc) is 2.84. The predicted octanol–water partition coefficient (Wildman–Crippen LogP) is 5.84. The zero-order valence-electron chi connectivity index (χ0n) is 22.4. The molecule has 222 valence electrons. The summed E-state index contributed by atoms with van der Waals surface area (Å²) in [4.78, 5) is 16.8. The number of hydrogen-bond donors (Lipinski definition) is 0. The largest absolute Gasteiger partial charge is 0.416 e. The second-order valence-electron chi connectivity index (χ2n) is 10.4. The molecule has 13 heteroatoms. The maximum atomic E-state index is 13.8. The van der Waals surface area contributed by atoms with Gasteiger partial charge in [0.15, 0.2) is 0 Å². The van der Waals surface area contributed by atoms with E-state index < -0.39 is 62.9 Å². The molecule has 0 radical (unpaired) electrons. The van der Waals surface area contributed by atoms with Crippen LogP contribution in [0.15, 0.2) is 36.4 Å². The molecule has 0 N–H and O–H groups in total. The topological polar surface area (TPSA) is 57.7 Å². The van der Waals surface area contributed by atoms with E-state index in [0.717, 1.165) is 11.2 Å². The molecule has 0 saturated carbocycles. The van der Waals surface area contributed by atoms with Crippen molar-refractivity contribution in [3.05, 3.63) is 70.0 Å². The van der Waals surface area contributed by atoms with Gasteiger partial charge in [-0.2, -0.15) is 26.3 Å². The molecule has 1 fully saturated rings. The summed E-state index contributed by atoms with van der Waals surface area (Å²) in [6.45, 7) is 3.86. The van der Waals surface area contributed by atoms with Gasteiger partial charge in [0.2, 0.25) is 5.91 Å². The minimum Gasteiger partial charge on any atom is -0.339 e. The second kappa shape index (κ2) is 11.7. The van der Waals surface area contributed by atoms with Crippen LogP contribution in [-0.4, -0.2) is 62.8 Å². The van der Waals surface area contributed by atoms with Gasteiger partial charge in [0.05, 0.1) is 22.9 Å². The first-order chi connectivity index (χ1) is 18.3. The van der Waals surface area contributed by atoms with Gasteiger partial charge in [-0.1, -0.05) is 6.07 Å². The lowest BCUT2D eigenvalue weighted by molar-refractivity contribution is -0.143. The lowest BCUT2D eigenvalue weighted by Gasteiger charge is -2.41. The van der Waals surface area contributed by atoms with Crippen molar-refractivity contribution in [3.8, 4) is 0 Å². The van der Waals surface area contributed by atoms with Gasteiger partial charge in [0.25, 0.3) is 0 Å². The van der Waals surface area contributed by atoms with Crippen molar-refractivity contribution in [1.82, 2.24) is 9.80 Å². The maximum Gasteiger partial charge on any atom is 0.416 e. The highest BCUT2D eigenvalue weighted by molar-refractivity contribution is 7.90. The van der Waals surface area contributed by atoms with E-state index in [-0.39, 0.29) is 36.9 Å². The monoisotopic (exact) mass is 596 g/mol. The van der Waals surface area contributed by atoms with Gasteiger partial charge < -0.3 is 9.80 Å². The summed E-state index contributed by atoms with van der Waals surface area (Å²) in [6, 6.07) is 4.22. The van der Waals surface area contributed by atoms with E-state index in [1.807, 2.05) is 4.90 Å². The van der Waals surface area contributed by atoms with Gasteiger partial charge in [-0.3, -0.25) is 4.79 Å². The third kappa shape index (κ3) is 7.74. The highest BCUT2D eigenvalue weighted by Crippen LogP contribution is 2.40. The first-order valence-corrected chi connectivity index (χ1v) is 14.6. The van der Waals surface area contributed by atoms with Crippen LogP contribution in [0, 0.1) is 18.7 Å². The lowest BCUT2D eigenvalue weighted by atomic mass is 9.78. The van der Waals surface area contributed by atoms with Crippen molar-refractivity contribution in [1.29, 1.82) is 0 Å². The molecule has 1 aliphatic heterocycles. The number of benzene rings is 2. The number of halogens is 7. The summed E-state index contributed by atoms with van der Waals surface area (Å²) in [6.07, 6.45) is -8.68. The van der Waals surface area contributed by atoms with Crippen LogP contribution in [0.5, 0.6) is 0 Å². The highest BCUT2D eigenvalue weighted by Gasteiger charge is 2.40. The number of aryl methyl sites for hydroxylation is 1. The molecule has 1 heterocycles. The standard InChI is InChI=1S/C27H31F7N2O3S/c1-16-11-21(28)5-6-22(16)24-15-36(9-10-40(4,38)39)8-7-23(24)25(37)35(3)17(2)18-12-19(26(29,30)31)14-20(13-18)27(32,33)34/h5-6,11-14,17,23-24H,7-10,15H2,1-4H3/t17-,23-,24?/m0/s1. The minimum absolute atomic E-state index is 0.0393. The Bertz CT molecular complexity index is 1310. The molecule has 0 spiro atoms. The van der Waals surface area contributed by atoms with E-state index >= 15 is 0 Å². The van der Waals surface area contributed by atoms with Gasteiger partial charge in [-0.05, 0) is 73.8 Å². The fourth-order valence-electron chi connectivity index (χ4n) is 5.08. The average molecular weight is 597 g/mol. The zero-order chi connectivity index (χ0) is 30.2. The predicted molar refractivity (Wildman–Crippen MR) is 136 cm³/mol. The van der Waals surface area contributed by atoms with Crippen LogP contribution in [0.2, 0.25) is 0 Å². The highest BCUT2D eigenvalue weighted by atomic mass is 32.2. The number of rotatable bonds is 7. The third-order valence-electron chi connectivity index (χ3n) is 7.44. The van der Waals surface area contributed by atoms with E-state index in [0.29, 0.717) is 29.8 Å². The van der Waals surface area contributed by atoms with Crippen LogP contribution >= 0.6 is 0 Å². The van der Waals surface area contributed by atoms with Crippen molar-refractivity contribution in [2.24, 2.45) is 5.92 Å². The van der Waals surface area contributed by atoms with E-state index in [1.165, 1.54) is 26.1 Å². The molecule has 40 heavy (non-hydrogen) atoms. The Morgan fingerprint density at radius 3 is 2.12 bits per heavy atom. The Balaban J connectivity index is 1.95. The van der Waals surface area contributed by atoms with Crippen molar-refractivity contribution in [2.45, 2.75) is 44.6 Å². The Kier molecular flexibility index (Phi) is 9.29. The van der Waals surface area contributed by atoms with Crippen molar-refractivity contribution in [2.75, 3.05) is 38.7 Å². The maximum absolute atomic E-state index is 13.8. The van der Waals surface area contributed by atoms with E-state index in [1.54, 1.807) is 13.0 Å². The summed E-state index contributed by atoms with van der Waals surface area (Å²) in [5.74, 6) is -2.31. The molecule has 1 amide bonds. The molecule has 0 bridgehead atoms. The molecule has 2 aromatic rings. The Hall–Kier alpha value is -2.67. The smallest absolute Gasteiger partial charge is 0.339 e. The number of likely N-dealkylation sites (tertiary alicyclic amines) is 1. The van der Waals surface area contributed by atoms with Crippen LogP contribution in [0.3, 0.4) is 0 Å². The number of carbonyl (C=O) groups is 1. The Labute approximate surface area is 228 Å². The SMILES string of the molecule is Cc1cc(F)ccc1C1CN(CCS(C)(=O)=O)CC[C@@H]1C(=O)N(C)[C@@H](C)c1cc(C(F)(F)F)cc(C(F)(F)F)c1. The molecule has 3 atom stereocenters. The van der Waals surface area contributed by atoms with Crippen LogP contribution in [-0.2, 0) is 27.0 Å². The molecule has 5 nitrogen and oxygen atoms in total. The van der Waals surface area contributed by atoms with Crippen LogP contribution in [0.1, 0.15) is 53.1 Å². The van der Waals surface area contributed by atoms with Crippen LogP contribution in [0.4, 0.5) is 30.7 Å². The normalized spacial score (nSPS) is 19.9. The molecule has 2 aromatic carbocycles. The molecule has 1 saturated heterocycles. The summed E-state index contributed by atoms with van der Waals surface area (Å²) in [5.41, 5.74) is -2.04. The van der Waals surface area contributed by atoms with Crippen molar-refractivity contribution in [3.63, 3.8) is 0 Å². The number of alkyl halides is 6. The summed E-state index contributed by atoms with van der Waals surface area (Å²) < 4.78 is 118. The fourth-order valence-corrected chi connectivity index (χ4v) is 5.67. The summed E-state index contributed by atoms with van der Waals surface area (Å²) in [7, 11) is -1.93.